The Morgan fingerprint density at radius 3 is 1.39 bits per heavy atom. The largest absolute Gasteiger partial charge is 0.756 e. The molecule has 0 aliphatic carbocycles. The number of phosphoric ester groups is 1. The van der Waals surface area contributed by atoms with E-state index in [0.717, 1.165) is 41.5 Å². The maximum atomic E-state index is 14.8. The highest BCUT2D eigenvalue weighted by Gasteiger charge is 2.34. The van der Waals surface area contributed by atoms with Gasteiger partial charge in [-0.15, -0.1) is 0 Å². The summed E-state index contributed by atoms with van der Waals surface area (Å²) in [5.41, 5.74) is 3.95. The van der Waals surface area contributed by atoms with E-state index in [0.29, 0.717) is 80.3 Å². The second-order valence-corrected chi connectivity index (χ2v) is 31.4. The number of rotatable bonds is 61. The fourth-order valence-corrected chi connectivity index (χ4v) is 12.9. The number of esters is 3. The molecule has 0 saturated heterocycles. The molecule has 114 heavy (non-hydrogen) atoms. The first-order chi connectivity index (χ1) is 54.8. The second kappa shape index (κ2) is 55.6. The molecular weight excluding hydrogens is 1480 g/mol. The summed E-state index contributed by atoms with van der Waals surface area (Å²) in [6, 6.07) is 38.9. The van der Waals surface area contributed by atoms with Crippen LogP contribution in [-0.2, 0) is 113 Å². The van der Waals surface area contributed by atoms with Crippen LogP contribution in [0.3, 0.4) is 0 Å². The Balaban J connectivity index is 1.23. The number of amides is 6. The molecular formula is C87H126N7O19P. The Morgan fingerprint density at radius 1 is 0.447 bits per heavy atom. The monoisotopic (exact) mass is 1600 g/mol. The molecule has 0 aliphatic rings. The van der Waals surface area contributed by atoms with E-state index in [1.807, 2.05) is 118 Å². The van der Waals surface area contributed by atoms with Gasteiger partial charge in [-0.2, -0.15) is 0 Å². The summed E-state index contributed by atoms with van der Waals surface area (Å²) >= 11 is 0. The van der Waals surface area contributed by atoms with Gasteiger partial charge in [0.2, 0.25) is 35.4 Å². The molecule has 5 aromatic rings. The molecule has 5 aromatic carbocycles. The van der Waals surface area contributed by atoms with Crippen molar-refractivity contribution < 1.29 is 94.6 Å². The second-order valence-electron chi connectivity index (χ2n) is 30.0. The Hall–Kier alpha value is -8.88. The lowest BCUT2D eigenvalue weighted by Crippen LogP contribution is -2.59. The molecule has 0 bridgehead atoms. The molecule has 0 saturated carbocycles. The van der Waals surface area contributed by atoms with Crippen LogP contribution in [-0.4, -0.2) is 161 Å². The number of phosphoric acid groups is 1. The lowest BCUT2D eigenvalue weighted by atomic mass is 10.0. The van der Waals surface area contributed by atoms with Gasteiger partial charge in [-0.25, -0.2) is 4.79 Å². The van der Waals surface area contributed by atoms with Crippen LogP contribution in [0.5, 0.6) is 5.75 Å². The molecule has 27 heteroatoms. The zero-order chi connectivity index (χ0) is 82.6. The SMILES string of the molecule is CCCCCCCCCCCCCCCC(=O)OC[C@H](COP(=O)([O-])OCC[N+](C)(C)C)OC(=O)CCCCCCCCC[C@H](NC(=O)[C@@H](NC(=O)CNC(=O)[C@@H](NC(C)=O)[C@@H](C)OCc1ccccc1)[C@@H](C)OCc1ccccc1)C(=O)NCC(=O)N[C@@H](Cc1ccc(OCc2ccccc2)cc1)C(=O)OCc1ccccc1. The van der Waals surface area contributed by atoms with Crippen LogP contribution in [0.4, 0.5) is 0 Å². The Kier molecular flexibility index (Phi) is 46.7. The van der Waals surface area contributed by atoms with Crippen molar-refractivity contribution in [1.82, 2.24) is 31.9 Å². The zero-order valence-electron chi connectivity index (χ0n) is 68.1. The van der Waals surface area contributed by atoms with Crippen LogP contribution >= 0.6 is 7.82 Å². The number of nitrogens with zero attached hydrogens (tertiary/aromatic N) is 1. The maximum Gasteiger partial charge on any atom is 0.329 e. The van der Waals surface area contributed by atoms with E-state index in [9.17, 15) is 52.6 Å². The third-order valence-electron chi connectivity index (χ3n) is 18.8. The first kappa shape index (κ1) is 95.7. The topological polar surface area (TPSA) is 340 Å². The van der Waals surface area contributed by atoms with Crippen molar-refractivity contribution in [1.29, 1.82) is 0 Å². The summed E-state index contributed by atoms with van der Waals surface area (Å²) in [4.78, 5) is 136. The van der Waals surface area contributed by atoms with Gasteiger partial charge < -0.3 is 78.7 Å². The molecule has 0 radical (unpaired) electrons. The van der Waals surface area contributed by atoms with Crippen molar-refractivity contribution in [3.63, 3.8) is 0 Å². The molecule has 0 aromatic heterocycles. The minimum absolute atomic E-state index is 0.0113. The van der Waals surface area contributed by atoms with Crippen molar-refractivity contribution in [2.75, 3.05) is 60.6 Å². The van der Waals surface area contributed by atoms with E-state index < -0.39 is 130 Å². The van der Waals surface area contributed by atoms with Gasteiger partial charge in [-0.05, 0) is 73.1 Å². The number of benzene rings is 5. The van der Waals surface area contributed by atoms with Crippen LogP contribution in [0.25, 0.3) is 0 Å². The van der Waals surface area contributed by atoms with Gasteiger partial charge in [-0.1, -0.05) is 256 Å². The number of quaternary nitrogens is 1. The van der Waals surface area contributed by atoms with E-state index >= 15 is 0 Å². The van der Waals surface area contributed by atoms with Crippen LogP contribution in [0.2, 0.25) is 0 Å². The highest BCUT2D eigenvalue weighted by atomic mass is 31.2. The summed E-state index contributed by atoms with van der Waals surface area (Å²) in [6.45, 7) is 5.00. The summed E-state index contributed by atoms with van der Waals surface area (Å²) in [6.07, 6.45) is 16.2. The van der Waals surface area contributed by atoms with E-state index in [1.54, 1.807) is 62.4 Å². The van der Waals surface area contributed by atoms with Crippen LogP contribution in [0.1, 0.15) is 203 Å². The Labute approximate surface area is 674 Å². The molecule has 1 unspecified atom stereocenters. The Bertz CT molecular complexity index is 3630. The molecule has 628 valence electrons. The predicted octanol–water partition coefficient (Wildman–Crippen LogP) is 11.6. The number of hydrogen-bond acceptors (Lipinski definition) is 19. The number of nitrogens with one attached hydrogen (secondary N) is 6. The number of likely N-dealkylation sites (N-methyl/N-ethyl adjacent to an activating group) is 1. The number of unbranched alkanes of at least 4 members (excludes halogenated alkanes) is 18. The predicted molar refractivity (Wildman–Crippen MR) is 433 cm³/mol. The fraction of sp³-hybridized carbons (Fsp3) is 0.552. The standard InChI is InChI=1S/C87H126N7O19P/c1-8-9-10-11-12-13-14-15-16-17-20-23-38-49-80(98)109-64-75(65-112-114(104,105)111-56-55-94(5,6)7)113-81(99)50-39-24-21-18-19-22-37-48-76(84(100)88-58-78(96)91-77(87(103)110-63-73-46-35-28-36-47-73)57-69-51-53-74(54-52-69)108-62-72-44-33-27-34-45-72)92-86(102)83(67(3)107-61-71-42-31-26-32-43-71)93-79(97)59-89-85(101)82(90-68(4)95)66(2)106-60-70-40-29-25-30-41-70/h25-36,40-47,51-54,66-67,75-77,82-83H,8-24,37-39,48-50,55-65H2,1-7H3,(H6-,88,89,90,91,92,93,95,96,97,100,101,102,104,105)/t66-,67-,75-,76+,77+,82+,83+/m1/s1. The van der Waals surface area contributed by atoms with E-state index in [1.165, 1.54) is 64.7 Å². The number of carbonyl (C=O) groups is 9. The first-order valence-electron chi connectivity index (χ1n) is 40.6. The summed E-state index contributed by atoms with van der Waals surface area (Å²) in [7, 11) is 0.831. The van der Waals surface area contributed by atoms with Gasteiger partial charge in [0.25, 0.3) is 7.82 Å². The summed E-state index contributed by atoms with van der Waals surface area (Å²) in [5.74, 6) is -5.67. The maximum absolute atomic E-state index is 14.8. The quantitative estimate of drug-likeness (QED) is 0.00692. The summed E-state index contributed by atoms with van der Waals surface area (Å²) < 4.78 is 58.4. The molecule has 6 N–H and O–H groups in total. The van der Waals surface area contributed by atoms with E-state index in [2.05, 4.69) is 38.8 Å². The minimum Gasteiger partial charge on any atom is -0.756 e. The number of hydrogen-bond donors (Lipinski definition) is 6. The highest BCUT2D eigenvalue weighted by Crippen LogP contribution is 2.38. The highest BCUT2D eigenvalue weighted by molar-refractivity contribution is 7.45. The zero-order valence-corrected chi connectivity index (χ0v) is 69.0. The number of carbonyl (C=O) groups excluding carboxylic acids is 9. The first-order valence-corrected chi connectivity index (χ1v) is 42.1. The lowest BCUT2D eigenvalue weighted by molar-refractivity contribution is -0.870. The fourth-order valence-electron chi connectivity index (χ4n) is 12.1. The minimum atomic E-state index is -4.81. The van der Waals surface area contributed by atoms with Gasteiger partial charge in [0.1, 0.15) is 62.9 Å². The van der Waals surface area contributed by atoms with Gasteiger partial charge in [0.15, 0.2) is 6.10 Å². The average molecular weight is 1600 g/mol. The third-order valence-corrected chi connectivity index (χ3v) is 19.8. The summed E-state index contributed by atoms with van der Waals surface area (Å²) in [5, 5.41) is 16.0. The normalized spacial score (nSPS) is 13.7. The molecule has 0 fully saturated rings. The van der Waals surface area contributed by atoms with Crippen LogP contribution < -0.4 is 41.5 Å². The van der Waals surface area contributed by atoms with Crippen molar-refractivity contribution in [3.05, 3.63) is 173 Å². The molecule has 0 aliphatic heterocycles. The van der Waals surface area contributed by atoms with Crippen molar-refractivity contribution in [3.8, 4) is 5.75 Å². The molecule has 0 heterocycles. The van der Waals surface area contributed by atoms with Gasteiger partial charge >= 0.3 is 17.9 Å². The molecule has 26 nitrogen and oxygen atoms in total. The van der Waals surface area contributed by atoms with Crippen molar-refractivity contribution >= 4 is 61.2 Å². The van der Waals surface area contributed by atoms with E-state index in [-0.39, 0.29) is 52.1 Å². The van der Waals surface area contributed by atoms with Gasteiger partial charge in [0, 0.05) is 26.2 Å². The van der Waals surface area contributed by atoms with Crippen molar-refractivity contribution in [2.24, 2.45) is 0 Å². The van der Waals surface area contributed by atoms with Gasteiger partial charge in [-0.3, -0.25) is 42.9 Å². The van der Waals surface area contributed by atoms with Crippen molar-refractivity contribution in [2.45, 2.75) is 251 Å². The van der Waals surface area contributed by atoms with E-state index in [4.69, 9.17) is 37.5 Å². The van der Waals surface area contributed by atoms with Crippen LogP contribution in [0, 0.1) is 0 Å². The van der Waals surface area contributed by atoms with Gasteiger partial charge in [0.05, 0.1) is 66.3 Å². The smallest absolute Gasteiger partial charge is 0.329 e. The third kappa shape index (κ3) is 43.6. The molecule has 6 amide bonds. The molecule has 5 rings (SSSR count). The number of ether oxygens (including phenoxy) is 6. The average Bonchev–Trinajstić information content (AvgIpc) is 0.876. The molecule has 0 spiro atoms. The Morgan fingerprint density at radius 2 is 0.895 bits per heavy atom. The molecule has 8 atom stereocenters. The van der Waals surface area contributed by atoms with Crippen LogP contribution in [0.15, 0.2) is 146 Å². The lowest BCUT2D eigenvalue weighted by Gasteiger charge is -2.28.